The zero-order chi connectivity index (χ0) is 12.8. The first kappa shape index (κ1) is 13.6. The van der Waals surface area contributed by atoms with Gasteiger partial charge in [-0.15, -0.1) is 0 Å². The molecule has 1 atom stereocenters. The van der Waals surface area contributed by atoms with Gasteiger partial charge in [0.15, 0.2) is 0 Å². The van der Waals surface area contributed by atoms with Gasteiger partial charge in [-0.3, -0.25) is 4.79 Å². The maximum absolute atomic E-state index is 13.4. The van der Waals surface area contributed by atoms with Crippen LogP contribution in [0.2, 0.25) is 0 Å². The molecule has 1 rings (SSSR count). The van der Waals surface area contributed by atoms with E-state index < -0.39 is 5.92 Å². The Hall–Kier alpha value is -1.42. The Labute approximate surface area is 101 Å². The Kier molecular flexibility index (Phi) is 5.10. The monoisotopic (exact) mass is 239 g/mol. The van der Waals surface area contributed by atoms with Crippen LogP contribution in [0.1, 0.15) is 18.9 Å². The molecule has 0 aliphatic heterocycles. The molecule has 1 aromatic rings. The number of benzene rings is 1. The molecule has 1 unspecified atom stereocenters. The van der Waals surface area contributed by atoms with Crippen molar-refractivity contribution >= 4 is 5.91 Å². The molecule has 94 valence electrons. The average molecular weight is 239 g/mol. The molecule has 0 aliphatic rings. The summed E-state index contributed by atoms with van der Waals surface area (Å²) in [5.41, 5.74) is 0.483. The van der Waals surface area contributed by atoms with Gasteiger partial charge in [-0.2, -0.15) is 0 Å². The molecule has 1 aromatic carbocycles. The van der Waals surface area contributed by atoms with Gasteiger partial charge in [0.25, 0.3) is 0 Å². The second-order valence-corrected chi connectivity index (χ2v) is 4.07. The highest BCUT2D eigenvalue weighted by Crippen LogP contribution is 2.12. The zero-order valence-corrected chi connectivity index (χ0v) is 10.2. The Morgan fingerprint density at radius 2 is 2.12 bits per heavy atom. The predicted octanol–water partition coefficient (Wildman–Crippen LogP) is 1.80. The van der Waals surface area contributed by atoms with Gasteiger partial charge < -0.3 is 10.0 Å². The molecule has 0 spiro atoms. The zero-order valence-electron chi connectivity index (χ0n) is 10.2. The first-order chi connectivity index (χ1) is 8.10. The number of hydrogen-bond donors (Lipinski definition) is 1. The molecule has 1 N–H and O–H groups in total. The third-order valence-electron chi connectivity index (χ3n) is 2.80. The fourth-order valence-electron chi connectivity index (χ4n) is 1.65. The highest BCUT2D eigenvalue weighted by Gasteiger charge is 2.20. The van der Waals surface area contributed by atoms with Crippen molar-refractivity contribution in [2.24, 2.45) is 5.92 Å². The van der Waals surface area contributed by atoms with Crippen molar-refractivity contribution in [3.8, 4) is 0 Å². The Bertz CT molecular complexity index is 377. The molecule has 17 heavy (non-hydrogen) atoms. The molecule has 0 bridgehead atoms. The minimum atomic E-state index is -0.397. The molecule has 0 fully saturated rings. The smallest absolute Gasteiger partial charge is 0.228 e. The highest BCUT2D eigenvalue weighted by molar-refractivity contribution is 5.78. The lowest BCUT2D eigenvalue weighted by Crippen LogP contribution is -2.34. The molecule has 4 heteroatoms. The van der Waals surface area contributed by atoms with E-state index in [2.05, 4.69) is 0 Å². The van der Waals surface area contributed by atoms with Gasteiger partial charge >= 0.3 is 0 Å². The Morgan fingerprint density at radius 3 is 2.65 bits per heavy atom. The van der Waals surface area contributed by atoms with Crippen molar-refractivity contribution < 1.29 is 14.3 Å². The van der Waals surface area contributed by atoms with Crippen LogP contribution in [0.25, 0.3) is 0 Å². The summed E-state index contributed by atoms with van der Waals surface area (Å²) >= 11 is 0. The molecule has 0 radical (unpaired) electrons. The number of hydrogen-bond acceptors (Lipinski definition) is 2. The van der Waals surface area contributed by atoms with Crippen molar-refractivity contribution in [1.29, 1.82) is 0 Å². The number of aliphatic hydroxyl groups is 1. The predicted molar refractivity (Wildman–Crippen MR) is 63.7 cm³/mol. The largest absolute Gasteiger partial charge is 0.396 e. The summed E-state index contributed by atoms with van der Waals surface area (Å²) in [5.74, 6) is -0.866. The lowest BCUT2D eigenvalue weighted by atomic mass is 10.1. The van der Waals surface area contributed by atoms with Crippen LogP contribution in [0.5, 0.6) is 0 Å². The van der Waals surface area contributed by atoms with Crippen molar-refractivity contribution in [2.75, 3.05) is 13.7 Å². The number of nitrogens with zero attached hydrogens (tertiary/aromatic N) is 1. The first-order valence-corrected chi connectivity index (χ1v) is 5.69. The van der Waals surface area contributed by atoms with Crippen LogP contribution in [0, 0.1) is 11.7 Å². The van der Waals surface area contributed by atoms with Gasteiger partial charge in [-0.05, 0) is 12.5 Å². The maximum atomic E-state index is 13.4. The van der Waals surface area contributed by atoms with E-state index in [9.17, 15) is 9.18 Å². The topological polar surface area (TPSA) is 40.5 Å². The van der Waals surface area contributed by atoms with Gasteiger partial charge in [0.2, 0.25) is 5.91 Å². The van der Waals surface area contributed by atoms with Crippen molar-refractivity contribution in [1.82, 2.24) is 4.90 Å². The summed E-state index contributed by atoms with van der Waals surface area (Å²) in [6.07, 6.45) is 0.580. The van der Waals surface area contributed by atoms with Crippen molar-refractivity contribution in [3.63, 3.8) is 0 Å². The third kappa shape index (κ3) is 3.53. The lowest BCUT2D eigenvalue weighted by Gasteiger charge is -2.22. The SMILES string of the molecule is CCC(CO)C(=O)N(C)Cc1ccccc1F. The van der Waals surface area contributed by atoms with Gasteiger partial charge in [0, 0.05) is 19.2 Å². The number of rotatable bonds is 5. The summed E-state index contributed by atoms with van der Waals surface area (Å²) < 4.78 is 13.4. The van der Waals surface area contributed by atoms with Crippen molar-refractivity contribution in [2.45, 2.75) is 19.9 Å². The van der Waals surface area contributed by atoms with E-state index in [-0.39, 0.29) is 24.9 Å². The summed E-state index contributed by atoms with van der Waals surface area (Å²) in [7, 11) is 1.62. The van der Waals surface area contributed by atoms with Crippen LogP contribution < -0.4 is 0 Å². The number of halogens is 1. The second-order valence-electron chi connectivity index (χ2n) is 4.07. The average Bonchev–Trinajstić information content (AvgIpc) is 2.33. The second kappa shape index (κ2) is 6.35. The molecule has 3 nitrogen and oxygen atoms in total. The first-order valence-electron chi connectivity index (χ1n) is 5.69. The summed E-state index contributed by atoms with van der Waals surface area (Å²) in [6.45, 7) is 1.90. The van der Waals surface area contributed by atoms with Gasteiger partial charge in [-0.25, -0.2) is 4.39 Å². The Morgan fingerprint density at radius 1 is 1.47 bits per heavy atom. The molecule has 0 heterocycles. The van der Waals surface area contributed by atoms with E-state index in [0.717, 1.165) is 0 Å². The van der Waals surface area contributed by atoms with E-state index in [4.69, 9.17) is 5.11 Å². The minimum Gasteiger partial charge on any atom is -0.396 e. The minimum absolute atomic E-state index is 0.154. The van der Waals surface area contributed by atoms with E-state index >= 15 is 0 Å². The standard InChI is InChI=1S/C13H18FNO2/c1-3-10(9-16)13(17)15(2)8-11-6-4-5-7-12(11)14/h4-7,10,16H,3,8-9H2,1-2H3. The van der Waals surface area contributed by atoms with E-state index in [1.807, 2.05) is 6.92 Å². The highest BCUT2D eigenvalue weighted by atomic mass is 19.1. The van der Waals surface area contributed by atoms with Crippen LogP contribution >= 0.6 is 0 Å². The van der Waals surface area contributed by atoms with Gasteiger partial charge in [-0.1, -0.05) is 25.1 Å². The number of amides is 1. The van der Waals surface area contributed by atoms with Gasteiger partial charge in [0.1, 0.15) is 5.82 Å². The van der Waals surface area contributed by atoms with Gasteiger partial charge in [0.05, 0.1) is 12.5 Å². The molecule has 0 aliphatic carbocycles. The number of carbonyl (C=O) groups excluding carboxylic acids is 1. The quantitative estimate of drug-likeness (QED) is 0.851. The van der Waals surface area contributed by atoms with Crippen molar-refractivity contribution in [3.05, 3.63) is 35.6 Å². The normalized spacial score (nSPS) is 12.2. The summed E-state index contributed by atoms with van der Waals surface area (Å²) in [4.78, 5) is 13.3. The number of aliphatic hydroxyl groups excluding tert-OH is 1. The summed E-state index contributed by atoms with van der Waals surface area (Å²) in [5, 5.41) is 9.04. The molecule has 0 aromatic heterocycles. The fraction of sp³-hybridized carbons (Fsp3) is 0.462. The van der Waals surface area contributed by atoms with E-state index in [1.54, 1.807) is 25.2 Å². The summed E-state index contributed by atoms with van der Waals surface area (Å²) in [6, 6.07) is 6.37. The van der Waals surface area contributed by atoms with Crippen LogP contribution in [-0.4, -0.2) is 29.6 Å². The number of carbonyl (C=O) groups is 1. The molecule has 0 saturated heterocycles. The molecule has 0 saturated carbocycles. The lowest BCUT2D eigenvalue weighted by molar-refractivity contribution is -0.136. The van der Waals surface area contributed by atoms with E-state index in [1.165, 1.54) is 11.0 Å². The van der Waals surface area contributed by atoms with Crippen LogP contribution in [0.4, 0.5) is 4.39 Å². The molecule has 1 amide bonds. The molecular formula is C13H18FNO2. The van der Waals surface area contributed by atoms with Crippen LogP contribution in [0.3, 0.4) is 0 Å². The van der Waals surface area contributed by atoms with Crippen LogP contribution in [-0.2, 0) is 11.3 Å². The van der Waals surface area contributed by atoms with Crippen LogP contribution in [0.15, 0.2) is 24.3 Å². The molecular weight excluding hydrogens is 221 g/mol. The third-order valence-corrected chi connectivity index (χ3v) is 2.80. The Balaban J connectivity index is 2.69. The van der Waals surface area contributed by atoms with E-state index in [0.29, 0.717) is 12.0 Å². The maximum Gasteiger partial charge on any atom is 0.228 e. The fourth-order valence-corrected chi connectivity index (χ4v) is 1.65.